The number of nitrogens with one attached hydrogen (secondary N) is 2. The molecule has 2 amide bonds. The van der Waals surface area contributed by atoms with Crippen LogP contribution in [0.5, 0.6) is 0 Å². The Morgan fingerprint density at radius 2 is 2.11 bits per heavy atom. The monoisotopic (exact) mass is 255 g/mol. The first kappa shape index (κ1) is 13.3. The first-order valence-corrected chi connectivity index (χ1v) is 6.60. The van der Waals surface area contributed by atoms with E-state index in [1.54, 1.807) is 6.92 Å². The molecule has 2 aliphatic rings. The van der Waals surface area contributed by atoms with Crippen molar-refractivity contribution in [3.8, 4) is 0 Å². The second-order valence-corrected chi connectivity index (χ2v) is 4.83. The molecule has 2 saturated heterocycles. The molecule has 6 nitrogen and oxygen atoms in total. The third-order valence-electron chi connectivity index (χ3n) is 3.37. The molecule has 0 spiro atoms. The minimum absolute atomic E-state index is 0.00428. The van der Waals surface area contributed by atoms with Crippen LogP contribution < -0.4 is 10.6 Å². The molecule has 0 radical (unpaired) electrons. The summed E-state index contributed by atoms with van der Waals surface area (Å²) in [6.45, 7) is 5.16. The maximum atomic E-state index is 12.0. The van der Waals surface area contributed by atoms with Gasteiger partial charge in [0.2, 0.25) is 5.91 Å². The Kier molecular flexibility index (Phi) is 4.54. The third-order valence-corrected chi connectivity index (χ3v) is 3.37. The minimum atomic E-state index is -0.479. The molecule has 102 valence electrons. The summed E-state index contributed by atoms with van der Waals surface area (Å²) in [7, 11) is 0. The van der Waals surface area contributed by atoms with Crippen LogP contribution in [0.2, 0.25) is 0 Å². The van der Waals surface area contributed by atoms with Crippen LogP contribution in [-0.4, -0.2) is 61.6 Å². The average Bonchev–Trinajstić information content (AvgIpc) is 2.92. The van der Waals surface area contributed by atoms with Gasteiger partial charge >= 0.3 is 0 Å². The first-order chi connectivity index (χ1) is 8.68. The Hall–Kier alpha value is -1.14. The van der Waals surface area contributed by atoms with E-state index in [0.717, 1.165) is 32.5 Å². The van der Waals surface area contributed by atoms with Crippen molar-refractivity contribution in [2.24, 2.45) is 0 Å². The smallest absolute Gasteiger partial charge is 0.251 e. The number of amides is 2. The Labute approximate surface area is 107 Å². The predicted molar refractivity (Wildman–Crippen MR) is 66.0 cm³/mol. The van der Waals surface area contributed by atoms with E-state index in [-0.39, 0.29) is 11.8 Å². The number of likely N-dealkylation sites (tertiary alicyclic amines) is 1. The Bertz CT molecular complexity index is 310. The summed E-state index contributed by atoms with van der Waals surface area (Å²) in [6.07, 6.45) is 1.64. The van der Waals surface area contributed by atoms with Gasteiger partial charge in [-0.05, 0) is 19.8 Å². The second-order valence-electron chi connectivity index (χ2n) is 4.83. The summed E-state index contributed by atoms with van der Waals surface area (Å²) in [6, 6.07) is -0.471. The van der Waals surface area contributed by atoms with Gasteiger partial charge in [-0.15, -0.1) is 0 Å². The summed E-state index contributed by atoms with van der Waals surface area (Å²) >= 11 is 0. The first-order valence-electron chi connectivity index (χ1n) is 6.60. The fraction of sp³-hybridized carbons (Fsp3) is 0.833. The Balaban J connectivity index is 1.80. The SMILES string of the molecule is CC(NC(=O)C1CNCCO1)C(=O)N1CCCC1. The Morgan fingerprint density at radius 1 is 1.39 bits per heavy atom. The Morgan fingerprint density at radius 3 is 2.72 bits per heavy atom. The van der Waals surface area contributed by atoms with Crippen LogP contribution in [0.3, 0.4) is 0 Å². The molecule has 2 N–H and O–H groups in total. The highest BCUT2D eigenvalue weighted by atomic mass is 16.5. The fourth-order valence-corrected chi connectivity index (χ4v) is 2.31. The number of carbonyl (C=O) groups excluding carboxylic acids is 2. The zero-order valence-electron chi connectivity index (χ0n) is 10.8. The number of carbonyl (C=O) groups is 2. The summed E-state index contributed by atoms with van der Waals surface area (Å²) in [5.41, 5.74) is 0. The van der Waals surface area contributed by atoms with E-state index in [0.29, 0.717) is 13.2 Å². The lowest BCUT2D eigenvalue weighted by molar-refractivity contribution is -0.140. The van der Waals surface area contributed by atoms with Gasteiger partial charge in [-0.25, -0.2) is 0 Å². The molecular formula is C12H21N3O3. The van der Waals surface area contributed by atoms with Gasteiger partial charge < -0.3 is 20.3 Å². The van der Waals surface area contributed by atoms with Gasteiger partial charge in [-0.3, -0.25) is 9.59 Å². The van der Waals surface area contributed by atoms with Crippen LogP contribution in [-0.2, 0) is 14.3 Å². The van der Waals surface area contributed by atoms with E-state index < -0.39 is 12.1 Å². The third kappa shape index (κ3) is 3.20. The molecule has 18 heavy (non-hydrogen) atoms. The molecule has 2 fully saturated rings. The van der Waals surface area contributed by atoms with Crippen molar-refractivity contribution in [3.63, 3.8) is 0 Å². The molecule has 2 unspecified atom stereocenters. The predicted octanol–water partition coefficient (Wildman–Crippen LogP) is -0.898. The van der Waals surface area contributed by atoms with Gasteiger partial charge in [0.15, 0.2) is 0 Å². The molecule has 0 saturated carbocycles. The number of nitrogens with zero attached hydrogens (tertiary/aromatic N) is 1. The standard InChI is InChI=1S/C12H21N3O3/c1-9(12(17)15-5-2-3-6-15)14-11(16)10-8-13-4-7-18-10/h9-10,13H,2-8H2,1H3,(H,14,16). The van der Waals surface area contributed by atoms with Crippen molar-refractivity contribution in [2.45, 2.75) is 31.9 Å². The molecule has 0 aromatic rings. The quantitative estimate of drug-likeness (QED) is 0.686. The van der Waals surface area contributed by atoms with Crippen molar-refractivity contribution < 1.29 is 14.3 Å². The fourth-order valence-electron chi connectivity index (χ4n) is 2.31. The van der Waals surface area contributed by atoms with Gasteiger partial charge in [0, 0.05) is 26.2 Å². The summed E-state index contributed by atoms with van der Waals surface area (Å²) in [4.78, 5) is 25.7. The van der Waals surface area contributed by atoms with E-state index >= 15 is 0 Å². The van der Waals surface area contributed by atoms with E-state index in [9.17, 15) is 9.59 Å². The average molecular weight is 255 g/mol. The molecule has 2 rings (SSSR count). The van der Waals surface area contributed by atoms with Crippen molar-refractivity contribution >= 4 is 11.8 Å². The number of rotatable bonds is 3. The summed E-state index contributed by atoms with van der Waals surface area (Å²) in [5, 5.41) is 5.82. The molecule has 2 heterocycles. The van der Waals surface area contributed by atoms with Crippen molar-refractivity contribution in [3.05, 3.63) is 0 Å². The van der Waals surface area contributed by atoms with Crippen LogP contribution >= 0.6 is 0 Å². The molecule has 2 aliphatic heterocycles. The number of morpholine rings is 1. The van der Waals surface area contributed by atoms with Gasteiger partial charge in [0.25, 0.3) is 5.91 Å². The van der Waals surface area contributed by atoms with Gasteiger partial charge in [-0.2, -0.15) is 0 Å². The maximum Gasteiger partial charge on any atom is 0.251 e. The van der Waals surface area contributed by atoms with E-state index in [1.807, 2.05) is 4.90 Å². The highest BCUT2D eigenvalue weighted by molar-refractivity contribution is 5.89. The van der Waals surface area contributed by atoms with Gasteiger partial charge in [-0.1, -0.05) is 0 Å². The molecule has 0 aliphatic carbocycles. The lowest BCUT2D eigenvalue weighted by Crippen LogP contribution is -2.53. The largest absolute Gasteiger partial charge is 0.366 e. The van der Waals surface area contributed by atoms with Crippen molar-refractivity contribution in [2.75, 3.05) is 32.8 Å². The van der Waals surface area contributed by atoms with Crippen molar-refractivity contribution in [1.82, 2.24) is 15.5 Å². The summed E-state index contributed by atoms with van der Waals surface area (Å²) < 4.78 is 5.35. The van der Waals surface area contributed by atoms with Crippen molar-refractivity contribution in [1.29, 1.82) is 0 Å². The molecular weight excluding hydrogens is 234 g/mol. The minimum Gasteiger partial charge on any atom is -0.366 e. The second kappa shape index (κ2) is 6.15. The lowest BCUT2D eigenvalue weighted by atomic mass is 10.2. The van der Waals surface area contributed by atoms with Crippen LogP contribution in [0, 0.1) is 0 Å². The zero-order chi connectivity index (χ0) is 13.0. The number of ether oxygens (including phenoxy) is 1. The highest BCUT2D eigenvalue weighted by Crippen LogP contribution is 2.09. The number of hydrogen-bond acceptors (Lipinski definition) is 4. The summed E-state index contributed by atoms with van der Waals surface area (Å²) in [5.74, 6) is -0.202. The van der Waals surface area contributed by atoms with E-state index in [1.165, 1.54) is 0 Å². The van der Waals surface area contributed by atoms with Crippen LogP contribution in [0.25, 0.3) is 0 Å². The molecule has 2 atom stereocenters. The van der Waals surface area contributed by atoms with Gasteiger partial charge in [0.05, 0.1) is 6.61 Å². The molecule has 0 aromatic heterocycles. The lowest BCUT2D eigenvalue weighted by Gasteiger charge is -2.26. The molecule has 0 bridgehead atoms. The maximum absolute atomic E-state index is 12.0. The van der Waals surface area contributed by atoms with Crippen LogP contribution in [0.1, 0.15) is 19.8 Å². The van der Waals surface area contributed by atoms with Crippen LogP contribution in [0.4, 0.5) is 0 Å². The van der Waals surface area contributed by atoms with E-state index in [4.69, 9.17) is 4.74 Å². The number of hydrogen-bond donors (Lipinski definition) is 2. The molecule has 0 aromatic carbocycles. The highest BCUT2D eigenvalue weighted by Gasteiger charge is 2.28. The topological polar surface area (TPSA) is 70.7 Å². The van der Waals surface area contributed by atoms with E-state index in [2.05, 4.69) is 10.6 Å². The molecule has 6 heteroatoms. The zero-order valence-corrected chi connectivity index (χ0v) is 10.8. The van der Waals surface area contributed by atoms with Crippen LogP contribution in [0.15, 0.2) is 0 Å². The normalized spacial score (nSPS) is 25.8. The van der Waals surface area contributed by atoms with Gasteiger partial charge in [0.1, 0.15) is 12.1 Å².